The van der Waals surface area contributed by atoms with Gasteiger partial charge in [0.15, 0.2) is 0 Å². The number of halogens is 1. The first-order valence-electron chi connectivity index (χ1n) is 7.84. The van der Waals surface area contributed by atoms with Crippen molar-refractivity contribution in [1.82, 2.24) is 9.88 Å². The van der Waals surface area contributed by atoms with Crippen molar-refractivity contribution in [3.63, 3.8) is 0 Å². The van der Waals surface area contributed by atoms with E-state index in [2.05, 4.69) is 39.2 Å². The highest BCUT2D eigenvalue weighted by atomic mass is 35.5. The zero-order valence-electron chi connectivity index (χ0n) is 13.0. The van der Waals surface area contributed by atoms with E-state index < -0.39 is 0 Å². The summed E-state index contributed by atoms with van der Waals surface area (Å²) in [6, 6.07) is 8.16. The van der Waals surface area contributed by atoms with Gasteiger partial charge in [-0.1, -0.05) is 17.7 Å². The number of anilines is 1. The van der Waals surface area contributed by atoms with Crippen LogP contribution in [0.3, 0.4) is 0 Å². The van der Waals surface area contributed by atoms with Crippen molar-refractivity contribution in [1.29, 1.82) is 0 Å². The minimum Gasteiger partial charge on any atom is -0.369 e. The summed E-state index contributed by atoms with van der Waals surface area (Å²) in [6.45, 7) is 7.65. The number of thiazole rings is 1. The summed E-state index contributed by atoms with van der Waals surface area (Å²) >= 11 is 7.83. The molecule has 1 aromatic carbocycles. The third kappa shape index (κ3) is 4.22. The maximum absolute atomic E-state index is 6.08. The van der Waals surface area contributed by atoms with Crippen LogP contribution in [-0.2, 0) is 6.42 Å². The van der Waals surface area contributed by atoms with Crippen LogP contribution in [0.25, 0.3) is 0 Å². The Morgan fingerprint density at radius 1 is 1.23 bits per heavy atom. The number of piperazine rings is 1. The standard InChI is InChI=1S/C17H22ClN3S/c1-14-19-16(13-22-14)5-3-7-20-8-10-21(11-9-20)17-6-2-4-15(18)12-17/h2,4,6,12-13H,3,5,7-11H2,1H3. The highest BCUT2D eigenvalue weighted by molar-refractivity contribution is 7.09. The summed E-state index contributed by atoms with van der Waals surface area (Å²) in [5, 5.41) is 4.18. The smallest absolute Gasteiger partial charge is 0.0897 e. The average molecular weight is 336 g/mol. The molecule has 1 aliphatic rings. The lowest BCUT2D eigenvalue weighted by Gasteiger charge is -2.36. The second kappa shape index (κ2) is 7.44. The summed E-state index contributed by atoms with van der Waals surface area (Å²) in [5.41, 5.74) is 2.49. The van der Waals surface area contributed by atoms with Crippen LogP contribution in [0.5, 0.6) is 0 Å². The summed E-state index contributed by atoms with van der Waals surface area (Å²) in [6.07, 6.45) is 2.29. The third-order valence-electron chi connectivity index (χ3n) is 4.12. The van der Waals surface area contributed by atoms with E-state index in [1.54, 1.807) is 11.3 Å². The molecule has 22 heavy (non-hydrogen) atoms. The number of hydrogen-bond acceptors (Lipinski definition) is 4. The van der Waals surface area contributed by atoms with E-state index >= 15 is 0 Å². The maximum Gasteiger partial charge on any atom is 0.0897 e. The molecule has 5 heteroatoms. The van der Waals surface area contributed by atoms with Crippen LogP contribution in [0.15, 0.2) is 29.6 Å². The summed E-state index contributed by atoms with van der Waals surface area (Å²) < 4.78 is 0. The van der Waals surface area contributed by atoms with Gasteiger partial charge in [-0.05, 0) is 44.5 Å². The van der Waals surface area contributed by atoms with Crippen molar-refractivity contribution in [3.05, 3.63) is 45.4 Å². The number of nitrogens with zero attached hydrogens (tertiary/aromatic N) is 3. The molecule has 2 heterocycles. The minimum absolute atomic E-state index is 0.818. The van der Waals surface area contributed by atoms with Crippen LogP contribution < -0.4 is 4.90 Å². The van der Waals surface area contributed by atoms with Gasteiger partial charge >= 0.3 is 0 Å². The normalized spacial score (nSPS) is 16.2. The Balaban J connectivity index is 1.42. The first-order chi connectivity index (χ1) is 10.7. The Morgan fingerprint density at radius 2 is 2.05 bits per heavy atom. The molecule has 1 aromatic heterocycles. The predicted octanol–water partition coefficient (Wildman–Crippen LogP) is 3.86. The number of hydrogen-bond donors (Lipinski definition) is 0. The molecule has 0 radical (unpaired) electrons. The number of aryl methyl sites for hydroxylation is 2. The molecule has 1 fully saturated rings. The van der Waals surface area contributed by atoms with Gasteiger partial charge in [0.2, 0.25) is 0 Å². The molecule has 0 aliphatic carbocycles. The van der Waals surface area contributed by atoms with Gasteiger partial charge in [0.05, 0.1) is 10.7 Å². The molecular formula is C17H22ClN3S. The van der Waals surface area contributed by atoms with Gasteiger partial charge in [0.1, 0.15) is 0 Å². The van der Waals surface area contributed by atoms with Gasteiger partial charge < -0.3 is 4.90 Å². The lowest BCUT2D eigenvalue weighted by atomic mass is 10.2. The first-order valence-corrected chi connectivity index (χ1v) is 9.10. The van der Waals surface area contributed by atoms with Crippen LogP contribution in [0, 0.1) is 6.92 Å². The maximum atomic E-state index is 6.08. The highest BCUT2D eigenvalue weighted by Gasteiger charge is 2.17. The molecule has 2 aromatic rings. The van der Waals surface area contributed by atoms with Gasteiger partial charge in [0, 0.05) is 42.3 Å². The molecule has 1 saturated heterocycles. The Morgan fingerprint density at radius 3 is 2.73 bits per heavy atom. The van der Waals surface area contributed by atoms with Crippen molar-refractivity contribution in [2.24, 2.45) is 0 Å². The molecule has 0 unspecified atom stereocenters. The third-order valence-corrected chi connectivity index (χ3v) is 5.18. The zero-order chi connectivity index (χ0) is 15.4. The largest absolute Gasteiger partial charge is 0.369 e. The van der Waals surface area contributed by atoms with Gasteiger partial charge in [-0.3, -0.25) is 4.90 Å². The second-order valence-corrected chi connectivity index (χ2v) is 7.27. The van der Waals surface area contributed by atoms with E-state index in [9.17, 15) is 0 Å². The molecule has 0 spiro atoms. The van der Waals surface area contributed by atoms with E-state index in [1.165, 1.54) is 29.4 Å². The van der Waals surface area contributed by atoms with E-state index in [1.807, 2.05) is 12.1 Å². The van der Waals surface area contributed by atoms with Gasteiger partial charge in [-0.25, -0.2) is 4.98 Å². The Bertz CT molecular complexity index is 605. The molecule has 0 atom stereocenters. The Hall–Kier alpha value is -1.10. The number of benzene rings is 1. The van der Waals surface area contributed by atoms with Crippen LogP contribution in [0.4, 0.5) is 5.69 Å². The van der Waals surface area contributed by atoms with E-state index in [4.69, 9.17) is 11.6 Å². The van der Waals surface area contributed by atoms with Gasteiger partial charge in [0.25, 0.3) is 0 Å². The van der Waals surface area contributed by atoms with Crippen molar-refractivity contribution < 1.29 is 0 Å². The van der Waals surface area contributed by atoms with Crippen LogP contribution >= 0.6 is 22.9 Å². The number of aromatic nitrogens is 1. The highest BCUT2D eigenvalue weighted by Crippen LogP contribution is 2.21. The Kier molecular flexibility index (Phi) is 5.34. The lowest BCUT2D eigenvalue weighted by Crippen LogP contribution is -2.46. The van der Waals surface area contributed by atoms with E-state index in [-0.39, 0.29) is 0 Å². The molecule has 0 N–H and O–H groups in total. The topological polar surface area (TPSA) is 19.4 Å². The summed E-state index contributed by atoms with van der Waals surface area (Å²) in [4.78, 5) is 9.51. The SMILES string of the molecule is Cc1nc(CCCN2CCN(c3cccc(Cl)c3)CC2)cs1. The molecule has 0 bridgehead atoms. The van der Waals surface area contributed by atoms with Crippen molar-refractivity contribution in [2.75, 3.05) is 37.6 Å². The van der Waals surface area contributed by atoms with Crippen molar-refractivity contribution in [3.8, 4) is 0 Å². The molecule has 1 aliphatic heterocycles. The second-order valence-electron chi connectivity index (χ2n) is 5.77. The molecular weight excluding hydrogens is 314 g/mol. The lowest BCUT2D eigenvalue weighted by molar-refractivity contribution is 0.255. The summed E-state index contributed by atoms with van der Waals surface area (Å²) in [5.74, 6) is 0. The molecule has 0 saturated carbocycles. The predicted molar refractivity (Wildman–Crippen MR) is 95.3 cm³/mol. The quantitative estimate of drug-likeness (QED) is 0.827. The monoisotopic (exact) mass is 335 g/mol. The van der Waals surface area contributed by atoms with E-state index in [0.717, 1.165) is 37.6 Å². The van der Waals surface area contributed by atoms with Crippen molar-refractivity contribution in [2.45, 2.75) is 19.8 Å². The van der Waals surface area contributed by atoms with Gasteiger partial charge in [-0.15, -0.1) is 11.3 Å². The van der Waals surface area contributed by atoms with Crippen molar-refractivity contribution >= 4 is 28.6 Å². The fourth-order valence-electron chi connectivity index (χ4n) is 2.91. The fraction of sp³-hybridized carbons (Fsp3) is 0.471. The number of rotatable bonds is 5. The average Bonchev–Trinajstić information content (AvgIpc) is 2.93. The Labute approximate surface area is 141 Å². The zero-order valence-corrected chi connectivity index (χ0v) is 14.5. The molecule has 118 valence electrons. The fourth-order valence-corrected chi connectivity index (χ4v) is 3.74. The minimum atomic E-state index is 0.818. The summed E-state index contributed by atoms with van der Waals surface area (Å²) in [7, 11) is 0. The molecule has 3 rings (SSSR count). The first kappa shape index (κ1) is 15.8. The molecule has 0 amide bonds. The molecule has 3 nitrogen and oxygen atoms in total. The van der Waals surface area contributed by atoms with Crippen LogP contribution in [0.2, 0.25) is 5.02 Å². The van der Waals surface area contributed by atoms with Crippen LogP contribution in [-0.4, -0.2) is 42.6 Å². The van der Waals surface area contributed by atoms with E-state index in [0.29, 0.717) is 0 Å². The van der Waals surface area contributed by atoms with Gasteiger partial charge in [-0.2, -0.15) is 0 Å². The van der Waals surface area contributed by atoms with Crippen LogP contribution in [0.1, 0.15) is 17.1 Å².